The number of carbonyl (C=O) groups is 1. The number of benzene rings is 1. The van der Waals surface area contributed by atoms with E-state index in [9.17, 15) is 9.59 Å². The third-order valence-corrected chi connectivity index (χ3v) is 4.11. The van der Waals surface area contributed by atoms with E-state index < -0.39 is 0 Å². The minimum atomic E-state index is -0.230. The number of para-hydroxylation sites is 2. The van der Waals surface area contributed by atoms with Gasteiger partial charge in [-0.15, -0.1) is 0 Å². The smallest absolute Gasteiger partial charge is 0.329 e. The van der Waals surface area contributed by atoms with Gasteiger partial charge in [-0.25, -0.2) is 4.79 Å². The minimum absolute atomic E-state index is 0.00203. The average Bonchev–Trinajstić information content (AvgIpc) is 2.85. The highest BCUT2D eigenvalue weighted by molar-refractivity contribution is 5.81. The summed E-state index contributed by atoms with van der Waals surface area (Å²) in [5.74, 6) is -0.367. The Morgan fingerprint density at radius 2 is 1.88 bits per heavy atom. The Morgan fingerprint density at radius 1 is 1.25 bits per heavy atom. The second-order valence-corrected chi connectivity index (χ2v) is 5.97. The Kier molecular flexibility index (Phi) is 5.80. The first-order valence-corrected chi connectivity index (χ1v) is 8.38. The Balaban J connectivity index is 2.36. The van der Waals surface area contributed by atoms with Crippen molar-refractivity contribution in [1.82, 2.24) is 14.0 Å². The zero-order valence-corrected chi connectivity index (χ0v) is 14.5. The fraction of sp³-hybridized carbons (Fsp3) is 0.500. The first kappa shape index (κ1) is 17.8. The molecule has 0 aliphatic carbocycles. The van der Waals surface area contributed by atoms with Gasteiger partial charge in [0.2, 0.25) is 5.91 Å². The summed E-state index contributed by atoms with van der Waals surface area (Å²) in [4.78, 5) is 26.9. The molecule has 0 bridgehead atoms. The van der Waals surface area contributed by atoms with Crippen molar-refractivity contribution in [1.29, 1.82) is 5.26 Å². The highest BCUT2D eigenvalue weighted by Gasteiger charge is 2.19. The van der Waals surface area contributed by atoms with Crippen LogP contribution in [0.15, 0.2) is 29.1 Å². The van der Waals surface area contributed by atoms with Gasteiger partial charge in [0, 0.05) is 19.6 Å². The lowest BCUT2D eigenvalue weighted by Gasteiger charge is -2.22. The quantitative estimate of drug-likeness (QED) is 0.782. The van der Waals surface area contributed by atoms with Gasteiger partial charge >= 0.3 is 5.69 Å². The van der Waals surface area contributed by atoms with Crippen molar-refractivity contribution >= 4 is 16.9 Å². The fourth-order valence-electron chi connectivity index (χ4n) is 2.88. The maximum Gasteiger partial charge on any atom is 0.329 e. The van der Waals surface area contributed by atoms with Crippen molar-refractivity contribution in [2.75, 3.05) is 13.1 Å². The number of aryl methyl sites for hydroxylation is 1. The molecule has 0 saturated heterocycles. The van der Waals surface area contributed by atoms with E-state index >= 15 is 0 Å². The summed E-state index contributed by atoms with van der Waals surface area (Å²) >= 11 is 0. The van der Waals surface area contributed by atoms with Crippen molar-refractivity contribution in [3.05, 3.63) is 34.7 Å². The highest BCUT2D eigenvalue weighted by atomic mass is 16.2. The summed E-state index contributed by atoms with van der Waals surface area (Å²) in [5.41, 5.74) is 1.47. The van der Waals surface area contributed by atoms with Gasteiger partial charge in [0.1, 0.15) is 6.54 Å². The number of amides is 1. The van der Waals surface area contributed by atoms with Crippen LogP contribution in [0, 0.1) is 17.2 Å². The molecule has 0 aliphatic rings. The normalized spacial score (nSPS) is 12.1. The van der Waals surface area contributed by atoms with E-state index in [1.807, 2.05) is 38.1 Å². The highest BCUT2D eigenvalue weighted by Crippen LogP contribution is 2.13. The van der Waals surface area contributed by atoms with Crippen LogP contribution in [0.2, 0.25) is 0 Å². The van der Waals surface area contributed by atoms with Crippen LogP contribution in [0.5, 0.6) is 0 Å². The van der Waals surface area contributed by atoms with Crippen molar-refractivity contribution in [3.8, 4) is 6.07 Å². The van der Waals surface area contributed by atoms with Gasteiger partial charge < -0.3 is 4.90 Å². The standard InChI is InChI=1S/C18H24N4O2/c1-4-10-21-15-8-6-7-9-16(15)22(18(21)24)13-17(23)20(5-2)12-14(3)11-19/h6-9,14H,4-5,10,12-13H2,1-3H3/t14-/m0/s1. The number of nitriles is 1. The molecule has 1 heterocycles. The van der Waals surface area contributed by atoms with Crippen LogP contribution < -0.4 is 5.69 Å². The van der Waals surface area contributed by atoms with Crippen LogP contribution >= 0.6 is 0 Å². The summed E-state index contributed by atoms with van der Waals surface area (Å²) in [6, 6.07) is 9.68. The number of hydrogen-bond acceptors (Lipinski definition) is 3. The fourth-order valence-corrected chi connectivity index (χ4v) is 2.88. The Hall–Kier alpha value is -2.55. The zero-order valence-electron chi connectivity index (χ0n) is 14.5. The molecular formula is C18H24N4O2. The molecule has 6 nitrogen and oxygen atoms in total. The summed E-state index contributed by atoms with van der Waals surface area (Å²) in [7, 11) is 0. The maximum atomic E-state index is 12.7. The van der Waals surface area contributed by atoms with Gasteiger partial charge in [-0.05, 0) is 32.4 Å². The predicted molar refractivity (Wildman–Crippen MR) is 93.5 cm³/mol. The van der Waals surface area contributed by atoms with Crippen LogP contribution in [-0.4, -0.2) is 33.0 Å². The molecule has 1 atom stereocenters. The van der Waals surface area contributed by atoms with E-state index in [1.165, 1.54) is 4.57 Å². The third-order valence-electron chi connectivity index (χ3n) is 4.11. The number of hydrogen-bond donors (Lipinski definition) is 0. The van der Waals surface area contributed by atoms with E-state index in [2.05, 4.69) is 6.07 Å². The summed E-state index contributed by atoms with van der Waals surface area (Å²) < 4.78 is 3.25. The molecule has 0 N–H and O–H groups in total. The molecule has 128 valence electrons. The first-order chi connectivity index (χ1) is 11.5. The van der Waals surface area contributed by atoms with Crippen molar-refractivity contribution in [2.45, 2.75) is 40.3 Å². The van der Waals surface area contributed by atoms with Gasteiger partial charge in [0.25, 0.3) is 0 Å². The molecule has 0 fully saturated rings. The van der Waals surface area contributed by atoms with E-state index in [-0.39, 0.29) is 24.1 Å². The minimum Gasteiger partial charge on any atom is -0.340 e. The molecule has 2 rings (SSSR count). The monoisotopic (exact) mass is 328 g/mol. The largest absolute Gasteiger partial charge is 0.340 e. The molecular weight excluding hydrogens is 304 g/mol. The van der Waals surface area contributed by atoms with Gasteiger partial charge in [-0.2, -0.15) is 5.26 Å². The third kappa shape index (κ3) is 3.51. The molecule has 1 aromatic carbocycles. The van der Waals surface area contributed by atoms with E-state index in [1.54, 1.807) is 16.4 Å². The lowest BCUT2D eigenvalue weighted by Crippen LogP contribution is -2.38. The second-order valence-electron chi connectivity index (χ2n) is 5.97. The van der Waals surface area contributed by atoms with Crippen LogP contribution in [-0.2, 0) is 17.9 Å². The molecule has 0 saturated carbocycles. The number of aromatic nitrogens is 2. The van der Waals surface area contributed by atoms with Crippen LogP contribution in [0.4, 0.5) is 0 Å². The Morgan fingerprint density at radius 3 is 2.42 bits per heavy atom. The Labute approximate surface area is 141 Å². The predicted octanol–water partition coefficient (Wildman–Crippen LogP) is 2.22. The first-order valence-electron chi connectivity index (χ1n) is 8.38. The maximum absolute atomic E-state index is 12.7. The molecule has 6 heteroatoms. The van der Waals surface area contributed by atoms with Crippen LogP contribution in [0.3, 0.4) is 0 Å². The van der Waals surface area contributed by atoms with Crippen molar-refractivity contribution in [3.63, 3.8) is 0 Å². The molecule has 0 aliphatic heterocycles. The number of rotatable bonds is 7. The lowest BCUT2D eigenvalue weighted by atomic mass is 10.2. The zero-order chi connectivity index (χ0) is 17.7. The SMILES string of the molecule is CCCn1c(=O)n(CC(=O)N(CC)C[C@@H](C)C#N)c2ccccc21. The summed E-state index contributed by atoms with van der Waals surface area (Å²) in [6.07, 6.45) is 0.850. The molecule has 1 aromatic heterocycles. The molecule has 24 heavy (non-hydrogen) atoms. The number of likely N-dealkylation sites (N-methyl/N-ethyl adjacent to an activating group) is 1. The van der Waals surface area contributed by atoms with Gasteiger partial charge in [0.15, 0.2) is 0 Å². The number of fused-ring (bicyclic) bond motifs is 1. The Bertz CT molecular complexity index is 813. The van der Waals surface area contributed by atoms with Crippen molar-refractivity contribution < 1.29 is 4.79 Å². The van der Waals surface area contributed by atoms with E-state index in [0.717, 1.165) is 17.5 Å². The second kappa shape index (κ2) is 7.82. The average molecular weight is 328 g/mol. The molecule has 0 radical (unpaired) electrons. The van der Waals surface area contributed by atoms with Gasteiger partial charge in [-0.3, -0.25) is 13.9 Å². The molecule has 0 spiro atoms. The topological polar surface area (TPSA) is 71.0 Å². The van der Waals surface area contributed by atoms with E-state index in [0.29, 0.717) is 19.6 Å². The van der Waals surface area contributed by atoms with Crippen molar-refractivity contribution in [2.24, 2.45) is 5.92 Å². The van der Waals surface area contributed by atoms with Crippen LogP contribution in [0.25, 0.3) is 11.0 Å². The summed E-state index contributed by atoms with van der Waals surface area (Å²) in [5, 5.41) is 8.95. The van der Waals surface area contributed by atoms with Gasteiger partial charge in [0.05, 0.1) is 23.0 Å². The van der Waals surface area contributed by atoms with Gasteiger partial charge in [-0.1, -0.05) is 19.1 Å². The summed E-state index contributed by atoms with van der Waals surface area (Å²) in [6.45, 7) is 7.22. The molecule has 0 unspecified atom stereocenters. The van der Waals surface area contributed by atoms with Crippen LogP contribution in [0.1, 0.15) is 27.2 Å². The number of imidazole rings is 1. The number of nitrogens with zero attached hydrogens (tertiary/aromatic N) is 4. The number of carbonyl (C=O) groups excluding carboxylic acids is 1. The lowest BCUT2D eigenvalue weighted by molar-refractivity contribution is -0.132. The molecule has 1 amide bonds. The molecule has 2 aromatic rings. The van der Waals surface area contributed by atoms with E-state index in [4.69, 9.17) is 5.26 Å².